The molecule has 0 spiro atoms. The van der Waals surface area contributed by atoms with Gasteiger partial charge in [-0.05, 0) is 26.0 Å². The highest BCUT2D eigenvalue weighted by molar-refractivity contribution is 5.95. The molecule has 0 aliphatic rings. The largest absolute Gasteiger partial charge is 0.384 e. The standard InChI is InChI=1S/C14H24N4O2/c1-10-7-12(14(15)16)8-13(17-10)18(5-6-19-3)11(2)9-20-4/h7-8,11H,5-6,9H2,1-4H3,(H3,15,16). The maximum atomic E-state index is 7.58. The van der Waals surface area contributed by atoms with Crippen LogP contribution in [0.1, 0.15) is 18.2 Å². The molecule has 1 heterocycles. The number of nitrogens with one attached hydrogen (secondary N) is 1. The number of pyridine rings is 1. The fourth-order valence-electron chi connectivity index (χ4n) is 2.04. The van der Waals surface area contributed by atoms with Crippen LogP contribution < -0.4 is 10.6 Å². The first-order valence-corrected chi connectivity index (χ1v) is 6.57. The van der Waals surface area contributed by atoms with Crippen LogP contribution in [0.2, 0.25) is 0 Å². The lowest BCUT2D eigenvalue weighted by Crippen LogP contribution is -2.39. The number of hydrogen-bond acceptors (Lipinski definition) is 5. The molecule has 0 saturated heterocycles. The van der Waals surface area contributed by atoms with Gasteiger partial charge in [0, 0.05) is 32.0 Å². The van der Waals surface area contributed by atoms with Gasteiger partial charge in [0.2, 0.25) is 0 Å². The number of nitrogen functional groups attached to an aromatic ring is 1. The van der Waals surface area contributed by atoms with Gasteiger partial charge in [0.05, 0.1) is 19.3 Å². The molecule has 1 rings (SSSR count). The molecule has 0 amide bonds. The molecule has 0 aliphatic carbocycles. The lowest BCUT2D eigenvalue weighted by Gasteiger charge is -2.30. The Kier molecular flexibility index (Phi) is 6.41. The van der Waals surface area contributed by atoms with Crippen molar-refractivity contribution in [3.05, 3.63) is 23.4 Å². The summed E-state index contributed by atoms with van der Waals surface area (Å²) in [6.07, 6.45) is 0. The third-order valence-electron chi connectivity index (χ3n) is 3.02. The maximum Gasteiger partial charge on any atom is 0.129 e. The summed E-state index contributed by atoms with van der Waals surface area (Å²) in [6.45, 7) is 5.85. The molecule has 3 N–H and O–H groups in total. The van der Waals surface area contributed by atoms with E-state index in [4.69, 9.17) is 20.6 Å². The summed E-state index contributed by atoms with van der Waals surface area (Å²) >= 11 is 0. The first-order valence-electron chi connectivity index (χ1n) is 6.57. The molecular formula is C14H24N4O2. The number of nitrogens with two attached hydrogens (primary N) is 1. The molecule has 0 radical (unpaired) electrons. The van der Waals surface area contributed by atoms with Gasteiger partial charge in [-0.1, -0.05) is 0 Å². The number of hydrogen-bond donors (Lipinski definition) is 2. The Labute approximate surface area is 120 Å². The summed E-state index contributed by atoms with van der Waals surface area (Å²) in [5.41, 5.74) is 7.09. The Morgan fingerprint density at radius 3 is 2.65 bits per heavy atom. The first kappa shape index (κ1) is 16.4. The second kappa shape index (κ2) is 7.81. The maximum absolute atomic E-state index is 7.58. The summed E-state index contributed by atoms with van der Waals surface area (Å²) in [5.74, 6) is 0.833. The SMILES string of the molecule is COCCN(c1cc(C(=N)N)cc(C)n1)C(C)COC. The smallest absolute Gasteiger partial charge is 0.129 e. The molecule has 0 fully saturated rings. The van der Waals surface area contributed by atoms with E-state index in [0.717, 1.165) is 11.5 Å². The van der Waals surface area contributed by atoms with Crippen molar-refractivity contribution in [3.63, 3.8) is 0 Å². The number of rotatable bonds is 8. The topological polar surface area (TPSA) is 84.5 Å². The minimum absolute atomic E-state index is 0.0443. The zero-order valence-electron chi connectivity index (χ0n) is 12.6. The molecule has 1 atom stereocenters. The van der Waals surface area contributed by atoms with Crippen molar-refractivity contribution >= 4 is 11.7 Å². The monoisotopic (exact) mass is 280 g/mol. The Bertz CT molecular complexity index is 451. The first-order chi connectivity index (χ1) is 9.49. The van der Waals surface area contributed by atoms with E-state index >= 15 is 0 Å². The van der Waals surface area contributed by atoms with Crippen molar-refractivity contribution in [2.45, 2.75) is 19.9 Å². The number of aromatic nitrogens is 1. The van der Waals surface area contributed by atoms with Crippen molar-refractivity contribution in [3.8, 4) is 0 Å². The molecule has 6 nitrogen and oxygen atoms in total. The third kappa shape index (κ3) is 4.47. The molecule has 0 saturated carbocycles. The van der Waals surface area contributed by atoms with E-state index in [1.54, 1.807) is 20.3 Å². The molecule has 0 aliphatic heterocycles. The molecular weight excluding hydrogens is 256 g/mol. The van der Waals surface area contributed by atoms with E-state index < -0.39 is 0 Å². The second-order valence-corrected chi connectivity index (χ2v) is 4.76. The van der Waals surface area contributed by atoms with Crippen LogP contribution in [-0.2, 0) is 9.47 Å². The number of ether oxygens (including phenoxy) is 2. The highest BCUT2D eigenvalue weighted by Gasteiger charge is 2.17. The Morgan fingerprint density at radius 2 is 2.10 bits per heavy atom. The van der Waals surface area contributed by atoms with E-state index in [0.29, 0.717) is 25.3 Å². The van der Waals surface area contributed by atoms with Gasteiger partial charge in [-0.2, -0.15) is 0 Å². The van der Waals surface area contributed by atoms with Crippen LogP contribution in [0.25, 0.3) is 0 Å². The zero-order chi connectivity index (χ0) is 15.1. The predicted octanol–water partition coefficient (Wildman–Crippen LogP) is 1.16. The summed E-state index contributed by atoms with van der Waals surface area (Å²) in [5, 5.41) is 7.58. The molecule has 112 valence electrons. The van der Waals surface area contributed by atoms with Crippen molar-refractivity contribution in [2.24, 2.45) is 5.73 Å². The molecule has 1 unspecified atom stereocenters. The highest BCUT2D eigenvalue weighted by Crippen LogP contribution is 2.17. The van der Waals surface area contributed by atoms with E-state index in [1.165, 1.54) is 0 Å². The van der Waals surface area contributed by atoms with Crippen LogP contribution in [0.5, 0.6) is 0 Å². The van der Waals surface area contributed by atoms with Gasteiger partial charge in [0.15, 0.2) is 0 Å². The minimum atomic E-state index is 0.0443. The van der Waals surface area contributed by atoms with Crippen molar-refractivity contribution in [1.82, 2.24) is 4.98 Å². The normalized spacial score (nSPS) is 12.2. The predicted molar refractivity (Wildman–Crippen MR) is 80.6 cm³/mol. The molecule has 6 heteroatoms. The Balaban J connectivity index is 3.08. The minimum Gasteiger partial charge on any atom is -0.384 e. The van der Waals surface area contributed by atoms with Crippen LogP contribution in [0.15, 0.2) is 12.1 Å². The average molecular weight is 280 g/mol. The highest BCUT2D eigenvalue weighted by atomic mass is 16.5. The van der Waals surface area contributed by atoms with E-state index in [9.17, 15) is 0 Å². The van der Waals surface area contributed by atoms with Gasteiger partial charge in [-0.15, -0.1) is 0 Å². The molecule has 1 aromatic heterocycles. The summed E-state index contributed by atoms with van der Waals surface area (Å²) in [4.78, 5) is 6.64. The van der Waals surface area contributed by atoms with Crippen LogP contribution >= 0.6 is 0 Å². The van der Waals surface area contributed by atoms with Crippen LogP contribution in [0.3, 0.4) is 0 Å². The van der Waals surface area contributed by atoms with E-state index in [2.05, 4.69) is 16.8 Å². The third-order valence-corrected chi connectivity index (χ3v) is 3.02. The zero-order valence-corrected chi connectivity index (χ0v) is 12.6. The van der Waals surface area contributed by atoms with Crippen molar-refractivity contribution in [2.75, 3.05) is 38.9 Å². The van der Waals surface area contributed by atoms with Gasteiger partial charge in [0.1, 0.15) is 11.7 Å². The van der Waals surface area contributed by atoms with Gasteiger partial charge in [0.25, 0.3) is 0 Å². The Hall–Kier alpha value is -1.66. The number of amidine groups is 1. The summed E-state index contributed by atoms with van der Waals surface area (Å²) in [6, 6.07) is 3.79. The van der Waals surface area contributed by atoms with Gasteiger partial charge in [-0.25, -0.2) is 4.98 Å². The number of nitrogens with zero attached hydrogens (tertiary/aromatic N) is 2. The number of methoxy groups -OCH3 is 2. The Morgan fingerprint density at radius 1 is 1.40 bits per heavy atom. The summed E-state index contributed by atoms with van der Waals surface area (Å²) < 4.78 is 10.4. The van der Waals surface area contributed by atoms with Gasteiger partial charge < -0.3 is 20.1 Å². The lowest BCUT2D eigenvalue weighted by atomic mass is 10.2. The number of aryl methyl sites for hydroxylation is 1. The quantitative estimate of drug-likeness (QED) is 0.551. The molecule has 0 aromatic carbocycles. The van der Waals surface area contributed by atoms with Crippen LogP contribution in [-0.4, -0.2) is 50.8 Å². The fourth-order valence-corrected chi connectivity index (χ4v) is 2.04. The summed E-state index contributed by atoms with van der Waals surface area (Å²) in [7, 11) is 3.35. The van der Waals surface area contributed by atoms with Crippen molar-refractivity contribution in [1.29, 1.82) is 5.41 Å². The van der Waals surface area contributed by atoms with Crippen LogP contribution in [0.4, 0.5) is 5.82 Å². The second-order valence-electron chi connectivity index (χ2n) is 4.76. The average Bonchev–Trinajstić information content (AvgIpc) is 2.38. The van der Waals surface area contributed by atoms with Gasteiger partial charge in [-0.3, -0.25) is 5.41 Å². The van der Waals surface area contributed by atoms with Crippen molar-refractivity contribution < 1.29 is 9.47 Å². The van der Waals surface area contributed by atoms with Crippen LogP contribution in [0, 0.1) is 12.3 Å². The van der Waals surface area contributed by atoms with E-state index in [1.807, 2.05) is 13.0 Å². The molecule has 0 bridgehead atoms. The fraction of sp³-hybridized carbons (Fsp3) is 0.571. The number of anilines is 1. The van der Waals surface area contributed by atoms with E-state index in [-0.39, 0.29) is 11.9 Å². The molecule has 1 aromatic rings. The van der Waals surface area contributed by atoms with Gasteiger partial charge >= 0.3 is 0 Å². The lowest BCUT2D eigenvalue weighted by molar-refractivity contribution is 0.170. The molecule has 20 heavy (non-hydrogen) atoms.